The first kappa shape index (κ1) is 15.3. The van der Waals surface area contributed by atoms with E-state index in [2.05, 4.69) is 4.98 Å². The van der Waals surface area contributed by atoms with Gasteiger partial charge in [0.15, 0.2) is 0 Å². The Morgan fingerprint density at radius 2 is 1.83 bits per heavy atom. The molecule has 0 radical (unpaired) electrons. The van der Waals surface area contributed by atoms with Crippen LogP contribution in [-0.2, 0) is 9.84 Å². The van der Waals surface area contributed by atoms with Gasteiger partial charge in [0, 0.05) is 27.7 Å². The van der Waals surface area contributed by atoms with Gasteiger partial charge < -0.3 is 4.98 Å². The van der Waals surface area contributed by atoms with Gasteiger partial charge in [0.05, 0.1) is 4.90 Å². The van der Waals surface area contributed by atoms with Crippen LogP contribution in [-0.4, -0.2) is 13.4 Å². The number of para-hydroxylation sites is 1. The lowest BCUT2D eigenvalue weighted by Gasteiger charge is -2.03. The molecule has 3 aromatic rings. The summed E-state index contributed by atoms with van der Waals surface area (Å²) in [5, 5.41) is 10.6. The molecule has 0 aliphatic rings. The number of fused-ring (bicyclic) bond motifs is 1. The van der Waals surface area contributed by atoms with Gasteiger partial charge in [0.2, 0.25) is 9.84 Å². The zero-order chi connectivity index (χ0) is 16.4. The quantitative estimate of drug-likeness (QED) is 0.726. The molecule has 0 bridgehead atoms. The minimum absolute atomic E-state index is 0.0366. The molecule has 0 saturated heterocycles. The van der Waals surface area contributed by atoms with E-state index in [1.54, 1.807) is 12.3 Å². The molecule has 0 unspecified atom stereocenters. The third-order valence-corrected chi connectivity index (χ3v) is 5.36. The summed E-state index contributed by atoms with van der Waals surface area (Å²) in [6, 6.07) is 15.0. The first-order chi connectivity index (χ1) is 11.0. The molecule has 0 aliphatic carbocycles. The van der Waals surface area contributed by atoms with Crippen molar-refractivity contribution < 1.29 is 8.42 Å². The molecule has 0 fully saturated rings. The summed E-state index contributed by atoms with van der Waals surface area (Å²) in [6.07, 6.45) is 3.06. The number of sulfone groups is 1. The van der Waals surface area contributed by atoms with E-state index in [1.807, 2.05) is 24.3 Å². The fourth-order valence-corrected chi connectivity index (χ4v) is 3.54. The third-order valence-electron chi connectivity index (χ3n) is 3.43. The van der Waals surface area contributed by atoms with Gasteiger partial charge in [-0.2, -0.15) is 5.26 Å². The summed E-state index contributed by atoms with van der Waals surface area (Å²) in [4.78, 5) is 2.77. The lowest BCUT2D eigenvalue weighted by molar-refractivity contribution is 0.603. The number of nitrogens with one attached hydrogen (secondary N) is 1. The first-order valence-corrected chi connectivity index (χ1v) is 8.57. The monoisotopic (exact) mass is 342 g/mol. The van der Waals surface area contributed by atoms with Crippen LogP contribution in [0.2, 0.25) is 5.02 Å². The molecule has 0 saturated carbocycles. The van der Waals surface area contributed by atoms with Gasteiger partial charge >= 0.3 is 0 Å². The minimum Gasteiger partial charge on any atom is -0.361 e. The molecule has 4 nitrogen and oxygen atoms in total. The van der Waals surface area contributed by atoms with Crippen LogP contribution in [0.4, 0.5) is 0 Å². The molecule has 0 atom stereocenters. The predicted octanol–water partition coefficient (Wildman–Crippen LogP) is 4.16. The SMILES string of the molecule is N#C/C(=C/c1c[nH]c2ccccc12)S(=O)(=O)c1ccc(Cl)cc1. The first-order valence-electron chi connectivity index (χ1n) is 6.71. The van der Waals surface area contributed by atoms with Gasteiger partial charge in [-0.1, -0.05) is 29.8 Å². The summed E-state index contributed by atoms with van der Waals surface area (Å²) in [7, 11) is -3.89. The number of H-pyrrole nitrogens is 1. The second kappa shape index (κ2) is 5.92. The fourth-order valence-electron chi connectivity index (χ4n) is 2.27. The van der Waals surface area contributed by atoms with Crippen LogP contribution < -0.4 is 0 Å². The topological polar surface area (TPSA) is 73.7 Å². The standard InChI is InChI=1S/C17H11ClN2O2S/c18-13-5-7-14(8-6-13)23(21,22)15(10-19)9-12-11-20-17-4-2-1-3-16(12)17/h1-9,11,20H/b15-9-. The highest BCUT2D eigenvalue weighted by molar-refractivity contribution is 7.95. The highest BCUT2D eigenvalue weighted by atomic mass is 35.5. The molecule has 1 N–H and O–H groups in total. The van der Waals surface area contributed by atoms with Crippen molar-refractivity contribution in [1.82, 2.24) is 4.98 Å². The average molecular weight is 343 g/mol. The number of nitriles is 1. The summed E-state index contributed by atoms with van der Waals surface area (Å²) < 4.78 is 25.2. The van der Waals surface area contributed by atoms with Crippen molar-refractivity contribution >= 4 is 38.4 Å². The van der Waals surface area contributed by atoms with Gasteiger partial charge in [0.1, 0.15) is 11.0 Å². The highest BCUT2D eigenvalue weighted by Crippen LogP contribution is 2.25. The van der Waals surface area contributed by atoms with Crippen molar-refractivity contribution in [3.63, 3.8) is 0 Å². The van der Waals surface area contributed by atoms with E-state index in [4.69, 9.17) is 11.6 Å². The maximum atomic E-state index is 12.6. The Morgan fingerprint density at radius 1 is 1.13 bits per heavy atom. The van der Waals surface area contributed by atoms with Crippen LogP contribution in [0, 0.1) is 11.3 Å². The molecular weight excluding hydrogens is 332 g/mol. The number of benzene rings is 2. The Labute approximate surface area is 138 Å². The molecule has 0 spiro atoms. The number of aromatic nitrogens is 1. The maximum Gasteiger partial charge on any atom is 0.216 e. The number of halogens is 1. The van der Waals surface area contributed by atoms with Crippen molar-refractivity contribution in [3.05, 3.63) is 70.2 Å². The van der Waals surface area contributed by atoms with Crippen molar-refractivity contribution in [1.29, 1.82) is 5.26 Å². The second-order valence-electron chi connectivity index (χ2n) is 4.87. The van der Waals surface area contributed by atoms with Crippen molar-refractivity contribution in [2.45, 2.75) is 4.90 Å². The summed E-state index contributed by atoms with van der Waals surface area (Å²) >= 11 is 5.78. The average Bonchev–Trinajstić information content (AvgIpc) is 2.96. The molecule has 2 aromatic carbocycles. The normalized spacial score (nSPS) is 12.3. The van der Waals surface area contributed by atoms with Crippen molar-refractivity contribution in [2.24, 2.45) is 0 Å². The molecular formula is C17H11ClN2O2S. The van der Waals surface area contributed by atoms with Crippen LogP contribution in [0.15, 0.2) is 64.5 Å². The van der Waals surface area contributed by atoms with Crippen LogP contribution in [0.3, 0.4) is 0 Å². The van der Waals surface area contributed by atoms with Crippen LogP contribution >= 0.6 is 11.6 Å². The number of allylic oxidation sites excluding steroid dienone is 1. The van der Waals surface area contributed by atoms with Gasteiger partial charge in [-0.3, -0.25) is 0 Å². The fraction of sp³-hybridized carbons (Fsp3) is 0. The van der Waals surface area contributed by atoms with Crippen molar-refractivity contribution in [3.8, 4) is 6.07 Å². The lowest BCUT2D eigenvalue weighted by atomic mass is 10.1. The number of nitrogens with zero attached hydrogens (tertiary/aromatic N) is 1. The smallest absolute Gasteiger partial charge is 0.216 e. The lowest BCUT2D eigenvalue weighted by Crippen LogP contribution is -2.03. The molecule has 1 aromatic heterocycles. The summed E-state index contributed by atoms with van der Waals surface area (Å²) in [5.74, 6) is 0. The largest absolute Gasteiger partial charge is 0.361 e. The Hall–Kier alpha value is -2.55. The predicted molar refractivity (Wildman–Crippen MR) is 90.5 cm³/mol. The van der Waals surface area contributed by atoms with Crippen LogP contribution in [0.1, 0.15) is 5.56 Å². The van der Waals surface area contributed by atoms with E-state index in [-0.39, 0.29) is 9.80 Å². The van der Waals surface area contributed by atoms with Gasteiger partial charge in [-0.25, -0.2) is 8.42 Å². The zero-order valence-electron chi connectivity index (χ0n) is 11.8. The van der Waals surface area contributed by atoms with Crippen LogP contribution in [0.5, 0.6) is 0 Å². The van der Waals surface area contributed by atoms with Gasteiger partial charge in [-0.05, 0) is 36.4 Å². The zero-order valence-corrected chi connectivity index (χ0v) is 13.4. The molecule has 114 valence electrons. The van der Waals surface area contributed by atoms with Gasteiger partial charge in [0.25, 0.3) is 0 Å². The molecule has 6 heteroatoms. The number of rotatable bonds is 3. The third kappa shape index (κ3) is 2.87. The van der Waals surface area contributed by atoms with E-state index in [1.165, 1.54) is 30.3 Å². The molecule has 1 heterocycles. The Kier molecular flexibility index (Phi) is 3.95. The molecule has 3 rings (SSSR count). The van der Waals surface area contributed by atoms with E-state index >= 15 is 0 Å². The molecule has 0 amide bonds. The van der Waals surface area contributed by atoms with Crippen LogP contribution in [0.25, 0.3) is 17.0 Å². The Balaban J connectivity index is 2.12. The van der Waals surface area contributed by atoms with Crippen molar-refractivity contribution in [2.75, 3.05) is 0 Å². The number of hydrogen-bond donors (Lipinski definition) is 1. The summed E-state index contributed by atoms with van der Waals surface area (Å²) in [5.41, 5.74) is 1.52. The maximum absolute atomic E-state index is 12.6. The Bertz CT molecular complexity index is 1040. The second-order valence-corrected chi connectivity index (χ2v) is 7.22. The van der Waals surface area contributed by atoms with E-state index in [0.717, 1.165) is 10.9 Å². The number of aromatic amines is 1. The minimum atomic E-state index is -3.89. The molecule has 23 heavy (non-hydrogen) atoms. The number of hydrogen-bond acceptors (Lipinski definition) is 3. The Morgan fingerprint density at radius 3 is 2.52 bits per heavy atom. The van der Waals surface area contributed by atoms with Gasteiger partial charge in [-0.15, -0.1) is 0 Å². The van der Waals surface area contributed by atoms with E-state index < -0.39 is 9.84 Å². The van der Waals surface area contributed by atoms with E-state index in [0.29, 0.717) is 10.6 Å². The van der Waals surface area contributed by atoms with E-state index in [9.17, 15) is 13.7 Å². The highest BCUT2D eigenvalue weighted by Gasteiger charge is 2.21. The molecule has 0 aliphatic heterocycles. The summed E-state index contributed by atoms with van der Waals surface area (Å²) in [6.45, 7) is 0.